The number of sulfonamides is 1. The van der Waals surface area contributed by atoms with E-state index >= 15 is 0 Å². The molecule has 0 fully saturated rings. The summed E-state index contributed by atoms with van der Waals surface area (Å²) >= 11 is 0. The fraction of sp³-hybridized carbons (Fsp3) is 0.200. The summed E-state index contributed by atoms with van der Waals surface area (Å²) in [5.41, 5.74) is 5.66. The molecular formula is C15H17N3O4S. The fourth-order valence-corrected chi connectivity index (χ4v) is 2.38. The maximum atomic E-state index is 11.9. The molecule has 2 rings (SSSR count). The van der Waals surface area contributed by atoms with Crippen molar-refractivity contribution in [1.29, 1.82) is 0 Å². The summed E-state index contributed by atoms with van der Waals surface area (Å²) in [5.74, 6) is -0.0713. The molecule has 7 nitrogen and oxygen atoms in total. The number of nitrogens with two attached hydrogens (primary N) is 1. The fourth-order valence-electron chi connectivity index (χ4n) is 1.69. The molecule has 1 amide bonds. The number of hydrogen-bond acceptors (Lipinski definition) is 5. The number of carbonyl (C=O) groups excluding carboxylic acids is 1. The van der Waals surface area contributed by atoms with E-state index in [1.54, 1.807) is 32.2 Å². The molecule has 0 spiro atoms. The molecule has 0 unspecified atom stereocenters. The first-order valence-electron chi connectivity index (χ1n) is 6.83. The summed E-state index contributed by atoms with van der Waals surface area (Å²) in [6.07, 6.45) is 3.08. The van der Waals surface area contributed by atoms with E-state index in [0.29, 0.717) is 5.75 Å². The second-order valence-electron chi connectivity index (χ2n) is 5.06. The average Bonchev–Trinajstić information content (AvgIpc) is 2.49. The van der Waals surface area contributed by atoms with Gasteiger partial charge in [-0.05, 0) is 44.2 Å². The molecule has 8 heteroatoms. The lowest BCUT2D eigenvalue weighted by molar-refractivity contribution is 0.0998. The number of amides is 1. The highest BCUT2D eigenvalue weighted by molar-refractivity contribution is 7.93. The number of primary amides is 1. The van der Waals surface area contributed by atoms with Crippen LogP contribution in [0.1, 0.15) is 24.2 Å². The van der Waals surface area contributed by atoms with Crippen LogP contribution in [0, 0.1) is 0 Å². The number of rotatable bonds is 6. The summed E-state index contributed by atoms with van der Waals surface area (Å²) in [6.45, 7) is 3.11. The van der Waals surface area contributed by atoms with Crippen molar-refractivity contribution in [2.45, 2.75) is 19.1 Å². The van der Waals surface area contributed by atoms with E-state index in [9.17, 15) is 13.2 Å². The van der Waals surface area contributed by atoms with Crippen LogP contribution in [0.5, 0.6) is 11.5 Å². The van der Waals surface area contributed by atoms with Gasteiger partial charge in [-0.2, -0.15) is 0 Å². The molecule has 0 saturated heterocycles. The summed E-state index contributed by atoms with van der Waals surface area (Å²) in [4.78, 5) is 15.5. The zero-order chi connectivity index (χ0) is 17.0. The molecule has 23 heavy (non-hydrogen) atoms. The molecule has 0 atom stereocenters. The second-order valence-corrected chi connectivity index (χ2v) is 7.30. The van der Waals surface area contributed by atoms with Gasteiger partial charge in [-0.25, -0.2) is 8.42 Å². The topological polar surface area (TPSA) is 111 Å². The number of benzene rings is 1. The highest BCUT2D eigenvalue weighted by Gasteiger charge is 2.18. The minimum absolute atomic E-state index is 0.0674. The maximum absolute atomic E-state index is 11.9. The summed E-state index contributed by atoms with van der Waals surface area (Å²) < 4.78 is 31.7. The van der Waals surface area contributed by atoms with E-state index in [1.807, 2.05) is 0 Å². The highest BCUT2D eigenvalue weighted by Crippen LogP contribution is 2.28. The third-order valence-electron chi connectivity index (χ3n) is 2.99. The van der Waals surface area contributed by atoms with E-state index in [-0.39, 0.29) is 17.0 Å². The maximum Gasteiger partial charge on any atom is 0.252 e. The van der Waals surface area contributed by atoms with Gasteiger partial charge in [-0.1, -0.05) is 0 Å². The molecule has 2 aromatic rings. The van der Waals surface area contributed by atoms with Crippen LogP contribution in [0.15, 0.2) is 42.7 Å². The van der Waals surface area contributed by atoms with Gasteiger partial charge in [-0.3, -0.25) is 14.5 Å². The monoisotopic (exact) mass is 335 g/mol. The van der Waals surface area contributed by atoms with Crippen molar-refractivity contribution in [3.8, 4) is 11.5 Å². The molecule has 1 heterocycles. The molecule has 1 aromatic carbocycles. The van der Waals surface area contributed by atoms with Gasteiger partial charge < -0.3 is 10.5 Å². The van der Waals surface area contributed by atoms with Gasteiger partial charge >= 0.3 is 0 Å². The molecule has 0 aliphatic heterocycles. The van der Waals surface area contributed by atoms with Gasteiger partial charge in [0.25, 0.3) is 5.91 Å². The first-order chi connectivity index (χ1) is 10.8. The third kappa shape index (κ3) is 4.19. The van der Waals surface area contributed by atoms with E-state index in [4.69, 9.17) is 10.5 Å². The Bertz CT molecular complexity index is 805. The Morgan fingerprint density at radius 2 is 2.04 bits per heavy atom. The van der Waals surface area contributed by atoms with E-state index in [1.165, 1.54) is 24.4 Å². The molecule has 0 aliphatic carbocycles. The summed E-state index contributed by atoms with van der Waals surface area (Å²) in [6, 6.07) is 7.68. The van der Waals surface area contributed by atoms with Crippen molar-refractivity contribution in [2.75, 3.05) is 4.72 Å². The number of hydrogen-bond donors (Lipinski definition) is 2. The summed E-state index contributed by atoms with van der Waals surface area (Å²) in [5, 5.41) is -0.606. The van der Waals surface area contributed by atoms with Crippen LogP contribution in [0.4, 0.5) is 5.69 Å². The number of nitrogens with one attached hydrogen (secondary N) is 1. The number of nitrogens with zero attached hydrogens (tertiary/aromatic N) is 1. The standard InChI is InChI=1S/C15H17N3O4S/c1-10(2)23(20,21)18-11-5-6-14(13(8-11)15(16)19)22-12-4-3-7-17-9-12/h3-10,18H,1-2H3,(H2,16,19). The van der Waals surface area contributed by atoms with Crippen LogP contribution in [0.2, 0.25) is 0 Å². The largest absolute Gasteiger partial charge is 0.455 e. The van der Waals surface area contributed by atoms with Crippen molar-refractivity contribution < 1.29 is 17.9 Å². The molecule has 0 saturated carbocycles. The predicted octanol–water partition coefficient (Wildman–Crippen LogP) is 2.12. The Labute approximate surface area is 134 Å². The molecule has 0 aliphatic rings. The van der Waals surface area contributed by atoms with Crippen LogP contribution >= 0.6 is 0 Å². The van der Waals surface area contributed by atoms with Crippen molar-refractivity contribution in [1.82, 2.24) is 4.98 Å². The van der Waals surface area contributed by atoms with E-state index in [0.717, 1.165) is 0 Å². The number of ether oxygens (including phenoxy) is 1. The number of aromatic nitrogens is 1. The van der Waals surface area contributed by atoms with Crippen molar-refractivity contribution in [3.05, 3.63) is 48.3 Å². The number of carbonyl (C=O) groups is 1. The Hall–Kier alpha value is -2.61. The highest BCUT2D eigenvalue weighted by atomic mass is 32.2. The number of anilines is 1. The third-order valence-corrected chi connectivity index (χ3v) is 4.75. The van der Waals surface area contributed by atoms with Crippen molar-refractivity contribution in [2.24, 2.45) is 5.73 Å². The van der Waals surface area contributed by atoms with Crippen molar-refractivity contribution >= 4 is 21.6 Å². The Morgan fingerprint density at radius 1 is 1.30 bits per heavy atom. The minimum Gasteiger partial charge on any atom is -0.455 e. The molecule has 0 bridgehead atoms. The SMILES string of the molecule is CC(C)S(=O)(=O)Nc1ccc(Oc2cccnc2)c(C(N)=O)c1. The zero-order valence-electron chi connectivity index (χ0n) is 12.7. The lowest BCUT2D eigenvalue weighted by atomic mass is 10.1. The first-order valence-corrected chi connectivity index (χ1v) is 8.37. The Kier molecular flexibility index (Phi) is 4.85. The predicted molar refractivity (Wildman–Crippen MR) is 86.9 cm³/mol. The molecule has 122 valence electrons. The molecule has 0 radical (unpaired) electrons. The van der Waals surface area contributed by atoms with Gasteiger partial charge in [0.15, 0.2) is 0 Å². The van der Waals surface area contributed by atoms with Gasteiger partial charge in [0.05, 0.1) is 17.0 Å². The lowest BCUT2D eigenvalue weighted by Gasteiger charge is -2.13. The zero-order valence-corrected chi connectivity index (χ0v) is 13.5. The average molecular weight is 335 g/mol. The lowest BCUT2D eigenvalue weighted by Crippen LogP contribution is -2.23. The van der Waals surface area contributed by atoms with Crippen LogP contribution in [0.25, 0.3) is 0 Å². The van der Waals surface area contributed by atoms with Crippen LogP contribution in [0.3, 0.4) is 0 Å². The van der Waals surface area contributed by atoms with Gasteiger partial charge in [0.1, 0.15) is 11.5 Å². The number of pyridine rings is 1. The van der Waals surface area contributed by atoms with Crippen LogP contribution < -0.4 is 15.2 Å². The van der Waals surface area contributed by atoms with Gasteiger partial charge in [0.2, 0.25) is 10.0 Å². The molecule has 3 N–H and O–H groups in total. The van der Waals surface area contributed by atoms with Crippen LogP contribution in [-0.4, -0.2) is 24.6 Å². The second kappa shape index (κ2) is 6.66. The molecule has 1 aromatic heterocycles. The minimum atomic E-state index is -3.52. The smallest absolute Gasteiger partial charge is 0.252 e. The Morgan fingerprint density at radius 3 is 2.61 bits per heavy atom. The van der Waals surface area contributed by atoms with Crippen molar-refractivity contribution in [3.63, 3.8) is 0 Å². The Balaban J connectivity index is 2.34. The van der Waals surface area contributed by atoms with Gasteiger partial charge in [-0.15, -0.1) is 0 Å². The molecular weight excluding hydrogens is 318 g/mol. The quantitative estimate of drug-likeness (QED) is 0.840. The normalized spacial score (nSPS) is 11.3. The van der Waals surface area contributed by atoms with E-state index in [2.05, 4.69) is 9.71 Å². The van der Waals surface area contributed by atoms with E-state index < -0.39 is 21.2 Å². The first kappa shape index (κ1) is 16.8. The summed E-state index contributed by atoms with van der Waals surface area (Å²) in [7, 11) is -3.52. The van der Waals surface area contributed by atoms with Gasteiger partial charge in [0, 0.05) is 11.9 Å². The van der Waals surface area contributed by atoms with Crippen LogP contribution in [-0.2, 0) is 10.0 Å².